The lowest BCUT2D eigenvalue weighted by molar-refractivity contribution is 0.102. The Hall–Kier alpha value is -2.53. The third kappa shape index (κ3) is 4.84. The highest BCUT2D eigenvalue weighted by atomic mass is 35.5. The Morgan fingerprint density at radius 1 is 1.18 bits per heavy atom. The van der Waals surface area contributed by atoms with E-state index in [1.54, 1.807) is 24.3 Å². The number of ether oxygens (including phenoxy) is 1. The first-order chi connectivity index (χ1) is 13.4. The summed E-state index contributed by atoms with van der Waals surface area (Å²) >= 11 is 6.97. The largest absolute Gasteiger partial charge is 0.495 e. The zero-order chi connectivity index (χ0) is 20.1. The van der Waals surface area contributed by atoms with Crippen LogP contribution in [0.15, 0.2) is 53.4 Å². The zero-order valence-electron chi connectivity index (χ0n) is 14.5. The maximum absolute atomic E-state index is 12.4. The van der Waals surface area contributed by atoms with Gasteiger partial charge in [-0.2, -0.15) is 0 Å². The number of nitrogens with one attached hydrogen (secondary N) is 2. The molecule has 3 rings (SSSR count). The van der Waals surface area contributed by atoms with E-state index in [-0.39, 0.29) is 21.5 Å². The monoisotopic (exact) mass is 438 g/mol. The van der Waals surface area contributed by atoms with Gasteiger partial charge in [-0.15, -0.1) is 10.2 Å². The number of methoxy groups -OCH3 is 1. The van der Waals surface area contributed by atoms with Crippen LogP contribution in [0.25, 0.3) is 0 Å². The van der Waals surface area contributed by atoms with Crippen molar-refractivity contribution < 1.29 is 17.9 Å². The molecular formula is C17H15ClN4O4S2. The number of hydrogen-bond acceptors (Lipinski definition) is 7. The lowest BCUT2D eigenvalue weighted by Gasteiger charge is -2.07. The van der Waals surface area contributed by atoms with Crippen molar-refractivity contribution in [1.82, 2.24) is 14.9 Å². The van der Waals surface area contributed by atoms with E-state index in [9.17, 15) is 13.2 Å². The summed E-state index contributed by atoms with van der Waals surface area (Å²) in [4.78, 5) is 12.2. The first kappa shape index (κ1) is 20.2. The number of sulfonamides is 1. The van der Waals surface area contributed by atoms with Gasteiger partial charge in [-0.3, -0.25) is 4.79 Å². The molecule has 1 aromatic heterocycles. The van der Waals surface area contributed by atoms with Crippen molar-refractivity contribution >= 4 is 44.6 Å². The van der Waals surface area contributed by atoms with Crippen LogP contribution in [0.5, 0.6) is 5.75 Å². The average Bonchev–Trinajstić information content (AvgIpc) is 3.16. The Balaban J connectivity index is 1.65. The van der Waals surface area contributed by atoms with Gasteiger partial charge < -0.3 is 10.1 Å². The number of nitrogens with zero attached hydrogens (tertiary/aromatic N) is 2. The fraction of sp³-hybridized carbons (Fsp3) is 0.118. The number of rotatable bonds is 7. The van der Waals surface area contributed by atoms with Crippen LogP contribution in [0.1, 0.15) is 14.8 Å². The van der Waals surface area contributed by atoms with Gasteiger partial charge in [0.05, 0.1) is 23.6 Å². The molecule has 0 aliphatic rings. The molecule has 0 unspecified atom stereocenters. The van der Waals surface area contributed by atoms with Crippen LogP contribution in [0, 0.1) is 0 Å². The van der Waals surface area contributed by atoms with Gasteiger partial charge in [0.15, 0.2) is 0 Å². The molecule has 0 saturated heterocycles. The summed E-state index contributed by atoms with van der Waals surface area (Å²) in [5.74, 6) is -0.0430. The highest BCUT2D eigenvalue weighted by Crippen LogP contribution is 2.27. The molecule has 0 fully saturated rings. The average molecular weight is 439 g/mol. The second-order valence-electron chi connectivity index (χ2n) is 5.44. The number of hydrogen-bond donors (Lipinski definition) is 2. The SMILES string of the molecule is COc1ccc(S(=O)(=O)NCc2nnc(C(=O)Nc3ccccc3)s2)cc1Cl. The molecule has 2 aromatic carbocycles. The van der Waals surface area contributed by atoms with E-state index in [0.717, 1.165) is 11.3 Å². The molecule has 28 heavy (non-hydrogen) atoms. The van der Waals surface area contributed by atoms with E-state index in [4.69, 9.17) is 16.3 Å². The quantitative estimate of drug-likeness (QED) is 0.586. The summed E-state index contributed by atoms with van der Waals surface area (Å²) in [5.41, 5.74) is 0.626. The maximum Gasteiger partial charge on any atom is 0.286 e. The minimum absolute atomic E-state index is 0.00939. The Labute approximate surface area is 170 Å². The molecule has 0 atom stereocenters. The van der Waals surface area contributed by atoms with Crippen LogP contribution in [0.2, 0.25) is 5.02 Å². The molecule has 0 saturated carbocycles. The van der Waals surface area contributed by atoms with Gasteiger partial charge in [0.25, 0.3) is 5.91 Å². The lowest BCUT2D eigenvalue weighted by Crippen LogP contribution is -2.23. The summed E-state index contributed by atoms with van der Waals surface area (Å²) in [6.07, 6.45) is 0. The highest BCUT2D eigenvalue weighted by Gasteiger charge is 2.18. The molecular weight excluding hydrogens is 424 g/mol. The predicted octanol–water partition coefficient (Wildman–Crippen LogP) is 2.93. The first-order valence-corrected chi connectivity index (χ1v) is 10.6. The van der Waals surface area contributed by atoms with E-state index in [1.807, 2.05) is 6.07 Å². The molecule has 2 N–H and O–H groups in total. The van der Waals surface area contributed by atoms with Gasteiger partial charge in [-0.25, -0.2) is 13.1 Å². The predicted molar refractivity (Wildman–Crippen MR) is 106 cm³/mol. The van der Waals surface area contributed by atoms with Crippen LogP contribution >= 0.6 is 22.9 Å². The van der Waals surface area contributed by atoms with E-state index in [2.05, 4.69) is 20.2 Å². The number of benzene rings is 2. The summed E-state index contributed by atoms with van der Waals surface area (Å²) in [5, 5.41) is 11.0. The van der Waals surface area contributed by atoms with Crippen molar-refractivity contribution in [1.29, 1.82) is 0 Å². The first-order valence-electron chi connectivity index (χ1n) is 7.91. The van der Waals surface area contributed by atoms with Crippen molar-refractivity contribution in [3.05, 3.63) is 63.6 Å². The van der Waals surface area contributed by atoms with Gasteiger partial charge in [-0.05, 0) is 30.3 Å². The number of anilines is 1. The Morgan fingerprint density at radius 2 is 1.93 bits per heavy atom. The summed E-state index contributed by atoms with van der Waals surface area (Å²) in [6.45, 7) is -0.109. The van der Waals surface area contributed by atoms with Crippen LogP contribution < -0.4 is 14.8 Å². The summed E-state index contributed by atoms with van der Waals surface area (Å²) in [6, 6.07) is 13.0. The number of halogens is 1. The van der Waals surface area contributed by atoms with E-state index in [0.29, 0.717) is 16.4 Å². The number of aromatic nitrogens is 2. The van der Waals surface area contributed by atoms with Gasteiger partial charge in [-0.1, -0.05) is 41.1 Å². The lowest BCUT2D eigenvalue weighted by atomic mass is 10.3. The van der Waals surface area contributed by atoms with Gasteiger partial charge in [0.1, 0.15) is 10.8 Å². The number of carbonyl (C=O) groups is 1. The van der Waals surface area contributed by atoms with Crippen molar-refractivity contribution in [3.8, 4) is 5.75 Å². The van der Waals surface area contributed by atoms with E-state index < -0.39 is 15.9 Å². The normalized spacial score (nSPS) is 11.2. The summed E-state index contributed by atoms with van der Waals surface area (Å²) in [7, 11) is -2.38. The van der Waals surface area contributed by atoms with Crippen LogP contribution in [-0.2, 0) is 16.6 Å². The third-order valence-corrected chi connectivity index (χ3v) is 6.16. The van der Waals surface area contributed by atoms with Crippen LogP contribution in [0.3, 0.4) is 0 Å². The topological polar surface area (TPSA) is 110 Å². The van der Waals surface area contributed by atoms with Crippen molar-refractivity contribution in [2.24, 2.45) is 0 Å². The van der Waals surface area contributed by atoms with Crippen LogP contribution in [0.4, 0.5) is 5.69 Å². The fourth-order valence-corrected chi connectivity index (χ4v) is 4.28. The fourth-order valence-electron chi connectivity index (χ4n) is 2.18. The Morgan fingerprint density at radius 3 is 2.61 bits per heavy atom. The molecule has 11 heteroatoms. The number of amides is 1. The highest BCUT2D eigenvalue weighted by molar-refractivity contribution is 7.89. The van der Waals surface area contributed by atoms with Crippen molar-refractivity contribution in [3.63, 3.8) is 0 Å². The molecule has 0 radical (unpaired) electrons. The molecule has 3 aromatic rings. The molecule has 0 aliphatic heterocycles. The maximum atomic E-state index is 12.4. The number of para-hydroxylation sites is 1. The van der Waals surface area contributed by atoms with E-state index in [1.165, 1.54) is 25.3 Å². The van der Waals surface area contributed by atoms with Gasteiger partial charge in [0.2, 0.25) is 15.0 Å². The van der Waals surface area contributed by atoms with Crippen LogP contribution in [-0.4, -0.2) is 31.6 Å². The smallest absolute Gasteiger partial charge is 0.286 e. The summed E-state index contributed by atoms with van der Waals surface area (Å²) < 4.78 is 32.2. The molecule has 0 bridgehead atoms. The van der Waals surface area contributed by atoms with Gasteiger partial charge in [0, 0.05) is 5.69 Å². The Kier molecular flexibility index (Phi) is 6.25. The molecule has 0 spiro atoms. The van der Waals surface area contributed by atoms with E-state index >= 15 is 0 Å². The molecule has 146 valence electrons. The van der Waals surface area contributed by atoms with Crippen molar-refractivity contribution in [2.75, 3.05) is 12.4 Å². The molecule has 1 amide bonds. The minimum atomic E-state index is -3.82. The standard InChI is InChI=1S/C17H15ClN4O4S2/c1-26-14-8-7-12(9-13(14)18)28(24,25)19-10-15-21-22-17(27-15)16(23)20-11-5-3-2-4-6-11/h2-9,19H,10H2,1H3,(H,20,23). The molecule has 1 heterocycles. The number of carbonyl (C=O) groups excluding carboxylic acids is 1. The molecule has 0 aliphatic carbocycles. The third-order valence-electron chi connectivity index (χ3n) is 3.54. The molecule has 8 nitrogen and oxygen atoms in total. The second-order valence-corrected chi connectivity index (χ2v) is 8.68. The zero-order valence-corrected chi connectivity index (χ0v) is 16.9. The van der Waals surface area contributed by atoms with Crippen molar-refractivity contribution in [2.45, 2.75) is 11.4 Å². The Bertz CT molecular complexity index is 1090. The minimum Gasteiger partial charge on any atom is -0.495 e. The second kappa shape index (κ2) is 8.65. The van der Waals surface area contributed by atoms with Gasteiger partial charge >= 0.3 is 0 Å².